The van der Waals surface area contributed by atoms with Crippen molar-refractivity contribution in [2.45, 2.75) is 52.8 Å². The van der Waals surface area contributed by atoms with Gasteiger partial charge >= 0.3 is 0 Å². The van der Waals surface area contributed by atoms with E-state index in [1.807, 2.05) is 0 Å². The van der Waals surface area contributed by atoms with Crippen LogP contribution in [-0.4, -0.2) is 38.2 Å². The molecule has 0 radical (unpaired) electrons. The van der Waals surface area contributed by atoms with Crippen LogP contribution in [-0.2, 0) is 22.6 Å². The van der Waals surface area contributed by atoms with Gasteiger partial charge in [0.25, 0.3) is 5.89 Å². The molecule has 0 aromatic carbocycles. The average Bonchev–Trinajstić information content (AvgIpc) is 3.26. The number of hydrogen-bond acceptors (Lipinski definition) is 7. The second kappa shape index (κ2) is 7.14. The van der Waals surface area contributed by atoms with Gasteiger partial charge in [-0.25, -0.2) is 0 Å². The number of ketones is 1. The number of nitrogens with one attached hydrogen (secondary N) is 1. The van der Waals surface area contributed by atoms with E-state index in [9.17, 15) is 9.59 Å². The van der Waals surface area contributed by atoms with Crippen LogP contribution in [0.2, 0.25) is 0 Å². The van der Waals surface area contributed by atoms with Gasteiger partial charge in [0.05, 0.1) is 17.8 Å². The summed E-state index contributed by atoms with van der Waals surface area (Å²) in [5, 5.41) is 10.8. The van der Waals surface area contributed by atoms with E-state index in [1.165, 1.54) is 11.6 Å². The Morgan fingerprint density at radius 2 is 2.16 bits per heavy atom. The minimum atomic E-state index is -0.246. The zero-order valence-electron chi connectivity index (χ0n) is 14.5. The molecule has 1 saturated heterocycles. The van der Waals surface area contributed by atoms with Gasteiger partial charge in [0, 0.05) is 12.3 Å². The number of hydrogen-bond donors (Lipinski definition) is 1. The van der Waals surface area contributed by atoms with Gasteiger partial charge in [-0.3, -0.25) is 14.3 Å². The Bertz CT molecular complexity index is 789. The number of carbonyl (C=O) groups excluding carboxylic acids is 2. The fraction of sp³-hybridized carbons (Fsp3) is 0.562. The number of aromatic nitrogens is 4. The largest absolute Gasteiger partial charge is 0.368 e. The summed E-state index contributed by atoms with van der Waals surface area (Å²) in [6, 6.07) is 0. The Hall–Kier alpha value is -2.55. The molecule has 2 aromatic heterocycles. The summed E-state index contributed by atoms with van der Waals surface area (Å²) < 4.78 is 12.2. The molecule has 3 heterocycles. The van der Waals surface area contributed by atoms with E-state index in [2.05, 4.69) is 20.6 Å². The second-order valence-electron chi connectivity index (χ2n) is 6.09. The Morgan fingerprint density at radius 3 is 2.80 bits per heavy atom. The van der Waals surface area contributed by atoms with Crippen molar-refractivity contribution in [3.8, 4) is 0 Å². The number of Topliss-reactive ketones (excluding diaryl/α,β-unsaturated/α-hetero) is 1. The van der Waals surface area contributed by atoms with Crippen LogP contribution in [0.5, 0.6) is 0 Å². The predicted octanol–water partition coefficient (Wildman–Crippen LogP) is 1.25. The lowest BCUT2D eigenvalue weighted by Crippen LogP contribution is -2.28. The first-order valence-corrected chi connectivity index (χ1v) is 8.21. The average molecular weight is 347 g/mol. The summed E-state index contributed by atoms with van der Waals surface area (Å²) in [5.74, 6) is 0.544. The van der Waals surface area contributed by atoms with E-state index in [1.54, 1.807) is 13.8 Å². The molecule has 1 N–H and O–H groups in total. The third kappa shape index (κ3) is 3.76. The highest BCUT2D eigenvalue weighted by atomic mass is 16.5. The van der Waals surface area contributed by atoms with Crippen LogP contribution in [0.15, 0.2) is 4.52 Å². The number of ether oxygens (including phenoxy) is 1. The molecule has 9 nitrogen and oxygen atoms in total. The molecule has 0 saturated carbocycles. The Morgan fingerprint density at radius 1 is 1.36 bits per heavy atom. The maximum absolute atomic E-state index is 12.1. The van der Waals surface area contributed by atoms with E-state index in [0.29, 0.717) is 35.3 Å². The topological polar surface area (TPSA) is 112 Å². The van der Waals surface area contributed by atoms with Gasteiger partial charge in [-0.05, 0) is 33.6 Å². The van der Waals surface area contributed by atoms with Crippen molar-refractivity contribution in [2.24, 2.45) is 0 Å². The van der Waals surface area contributed by atoms with Gasteiger partial charge in [-0.1, -0.05) is 5.16 Å². The molecule has 0 spiro atoms. The van der Waals surface area contributed by atoms with Crippen LogP contribution >= 0.6 is 0 Å². The van der Waals surface area contributed by atoms with Gasteiger partial charge in [0.1, 0.15) is 12.6 Å². The molecule has 1 aliphatic heterocycles. The van der Waals surface area contributed by atoms with Crippen molar-refractivity contribution in [1.82, 2.24) is 25.2 Å². The van der Waals surface area contributed by atoms with E-state index < -0.39 is 0 Å². The van der Waals surface area contributed by atoms with E-state index >= 15 is 0 Å². The number of rotatable bonds is 6. The lowest BCUT2D eigenvalue weighted by molar-refractivity contribution is -0.122. The third-order valence-corrected chi connectivity index (χ3v) is 4.16. The van der Waals surface area contributed by atoms with Crippen LogP contribution < -0.4 is 5.32 Å². The Labute approximate surface area is 144 Å². The molecule has 9 heteroatoms. The van der Waals surface area contributed by atoms with Gasteiger partial charge in [-0.15, -0.1) is 0 Å². The van der Waals surface area contributed by atoms with Gasteiger partial charge in [-0.2, -0.15) is 10.1 Å². The summed E-state index contributed by atoms with van der Waals surface area (Å²) >= 11 is 0. The third-order valence-electron chi connectivity index (χ3n) is 4.16. The summed E-state index contributed by atoms with van der Waals surface area (Å²) in [6.07, 6.45) is 1.70. The standard InChI is InChI=1S/C16H21N5O4/c1-9-15(11(3)22)10(2)21(19-9)8-14(23)17-7-13-18-16(25-20-13)12-5-4-6-24-12/h12H,4-8H2,1-3H3,(H,17,23). The van der Waals surface area contributed by atoms with Crippen LogP contribution in [0.3, 0.4) is 0 Å². The van der Waals surface area contributed by atoms with Crippen molar-refractivity contribution in [3.05, 3.63) is 28.7 Å². The van der Waals surface area contributed by atoms with Crippen molar-refractivity contribution >= 4 is 11.7 Å². The normalized spacial score (nSPS) is 17.0. The molecule has 0 bridgehead atoms. The zero-order chi connectivity index (χ0) is 18.0. The molecule has 25 heavy (non-hydrogen) atoms. The molecular weight excluding hydrogens is 326 g/mol. The summed E-state index contributed by atoms with van der Waals surface area (Å²) in [7, 11) is 0. The summed E-state index contributed by atoms with van der Waals surface area (Å²) in [5.41, 5.74) is 1.87. The highest BCUT2D eigenvalue weighted by Crippen LogP contribution is 2.26. The Balaban J connectivity index is 1.56. The van der Waals surface area contributed by atoms with Crippen LogP contribution in [0, 0.1) is 13.8 Å². The first-order valence-electron chi connectivity index (χ1n) is 8.21. The highest BCUT2D eigenvalue weighted by Gasteiger charge is 2.24. The molecule has 2 aromatic rings. The summed E-state index contributed by atoms with van der Waals surface area (Å²) in [4.78, 5) is 28.0. The van der Waals surface area contributed by atoms with Gasteiger partial charge in [0.15, 0.2) is 11.6 Å². The lowest BCUT2D eigenvalue weighted by atomic mass is 10.1. The first kappa shape index (κ1) is 17.3. The second-order valence-corrected chi connectivity index (χ2v) is 6.09. The smallest absolute Gasteiger partial charge is 0.255 e. The van der Waals surface area contributed by atoms with Gasteiger partial charge < -0.3 is 14.6 Å². The lowest BCUT2D eigenvalue weighted by Gasteiger charge is -2.05. The van der Waals surface area contributed by atoms with Crippen molar-refractivity contribution < 1.29 is 18.8 Å². The van der Waals surface area contributed by atoms with Crippen LogP contribution in [0.25, 0.3) is 0 Å². The molecule has 1 fully saturated rings. The number of nitrogens with zero attached hydrogens (tertiary/aromatic N) is 4. The minimum Gasteiger partial charge on any atom is -0.368 e. The maximum atomic E-state index is 12.1. The molecular formula is C16H21N5O4. The SMILES string of the molecule is CC(=O)c1c(C)nn(CC(=O)NCc2noc(C3CCCO3)n2)c1C. The molecule has 3 rings (SSSR count). The van der Waals surface area contributed by atoms with E-state index in [-0.39, 0.29) is 30.9 Å². The predicted molar refractivity (Wildman–Crippen MR) is 85.8 cm³/mol. The van der Waals surface area contributed by atoms with Crippen LogP contribution in [0.1, 0.15) is 59.3 Å². The molecule has 134 valence electrons. The number of amides is 1. The summed E-state index contributed by atoms with van der Waals surface area (Å²) in [6.45, 7) is 5.90. The molecule has 1 aliphatic rings. The number of carbonyl (C=O) groups is 2. The van der Waals surface area contributed by atoms with Crippen molar-refractivity contribution in [2.75, 3.05) is 6.61 Å². The van der Waals surface area contributed by atoms with Gasteiger partial charge in [0.2, 0.25) is 5.91 Å². The maximum Gasteiger partial charge on any atom is 0.255 e. The highest BCUT2D eigenvalue weighted by molar-refractivity contribution is 5.96. The first-order chi connectivity index (χ1) is 12.0. The van der Waals surface area contributed by atoms with Crippen molar-refractivity contribution in [1.29, 1.82) is 0 Å². The fourth-order valence-corrected chi connectivity index (χ4v) is 2.97. The fourth-order valence-electron chi connectivity index (χ4n) is 2.97. The van der Waals surface area contributed by atoms with E-state index in [0.717, 1.165) is 12.8 Å². The molecule has 1 atom stereocenters. The van der Waals surface area contributed by atoms with E-state index in [4.69, 9.17) is 9.26 Å². The minimum absolute atomic E-state index is 0.0242. The molecule has 1 unspecified atom stereocenters. The van der Waals surface area contributed by atoms with Crippen LogP contribution in [0.4, 0.5) is 0 Å². The van der Waals surface area contributed by atoms with Crippen molar-refractivity contribution in [3.63, 3.8) is 0 Å². The monoisotopic (exact) mass is 347 g/mol. The number of aryl methyl sites for hydroxylation is 1. The quantitative estimate of drug-likeness (QED) is 0.783. The zero-order valence-corrected chi connectivity index (χ0v) is 14.5. The molecule has 1 amide bonds. The molecule has 0 aliphatic carbocycles. The Kier molecular flexibility index (Phi) is 4.93.